The number of ether oxygens (including phenoxy) is 1. The van der Waals surface area contributed by atoms with Crippen LogP contribution in [-0.2, 0) is 0 Å². The number of rotatable bonds is 4. The van der Waals surface area contributed by atoms with Crippen LogP contribution in [0.15, 0.2) is 140 Å². The van der Waals surface area contributed by atoms with E-state index in [9.17, 15) is 0 Å². The van der Waals surface area contributed by atoms with Crippen molar-refractivity contribution < 1.29 is 4.74 Å². The number of hydrogen-bond acceptors (Lipinski definition) is 4. The fraction of sp³-hybridized carbons (Fsp3) is 0.0465. The lowest BCUT2D eigenvalue weighted by atomic mass is 10.0. The zero-order valence-corrected chi connectivity index (χ0v) is 26.9. The Hall–Kier alpha value is -6.53. The zero-order valence-electron chi connectivity index (χ0n) is 26.9. The van der Waals surface area contributed by atoms with E-state index in [1.54, 1.807) is 7.11 Å². The van der Waals surface area contributed by atoms with Gasteiger partial charge in [0, 0.05) is 38.1 Å². The summed E-state index contributed by atoms with van der Waals surface area (Å²) in [6.45, 7) is 2.08. The number of pyridine rings is 1. The average molecular weight is 632 g/mol. The van der Waals surface area contributed by atoms with Gasteiger partial charge in [0.05, 0.1) is 34.7 Å². The highest BCUT2D eigenvalue weighted by Crippen LogP contribution is 2.41. The normalized spacial score (nSPS) is 11.9. The van der Waals surface area contributed by atoms with Gasteiger partial charge in [-0.25, -0.2) is 4.98 Å². The Bertz CT molecular complexity index is 2920. The average Bonchev–Trinajstić information content (AvgIpc) is 3.72. The Labute approximate surface area is 281 Å². The number of benzene rings is 6. The maximum absolute atomic E-state index is 5.43. The third-order valence-electron chi connectivity index (χ3n) is 9.74. The first-order valence-corrected chi connectivity index (χ1v) is 16.4. The molecule has 49 heavy (non-hydrogen) atoms. The number of aryl methyl sites for hydroxylation is 1. The molecule has 6 heteroatoms. The van der Waals surface area contributed by atoms with E-state index in [0.717, 1.165) is 33.3 Å². The van der Waals surface area contributed by atoms with Crippen LogP contribution >= 0.6 is 0 Å². The van der Waals surface area contributed by atoms with Gasteiger partial charge in [0.2, 0.25) is 5.95 Å². The van der Waals surface area contributed by atoms with Gasteiger partial charge in [-0.3, -0.25) is 4.57 Å². The molecule has 0 aliphatic carbocycles. The Morgan fingerprint density at radius 2 is 1.02 bits per heavy atom. The van der Waals surface area contributed by atoms with Crippen molar-refractivity contribution in [2.75, 3.05) is 7.11 Å². The van der Waals surface area contributed by atoms with Crippen LogP contribution in [0.1, 0.15) is 5.56 Å². The van der Waals surface area contributed by atoms with Gasteiger partial charge in [-0.2, -0.15) is 9.97 Å². The van der Waals surface area contributed by atoms with E-state index in [-0.39, 0.29) is 0 Å². The van der Waals surface area contributed by atoms with Crippen LogP contribution in [0.4, 0.5) is 0 Å². The molecule has 0 saturated carbocycles. The zero-order chi connectivity index (χ0) is 32.6. The van der Waals surface area contributed by atoms with Gasteiger partial charge >= 0.3 is 0 Å². The quantitative estimate of drug-likeness (QED) is 0.181. The van der Waals surface area contributed by atoms with Gasteiger partial charge in [0.25, 0.3) is 0 Å². The third-order valence-corrected chi connectivity index (χ3v) is 9.74. The highest BCUT2D eigenvalue weighted by Gasteiger charge is 2.21. The number of hydrogen-bond donors (Lipinski definition) is 0. The van der Waals surface area contributed by atoms with Crippen LogP contribution in [0.25, 0.3) is 88.6 Å². The molecule has 0 spiro atoms. The molecule has 0 saturated heterocycles. The van der Waals surface area contributed by atoms with E-state index in [1.807, 2.05) is 24.3 Å². The fourth-order valence-electron chi connectivity index (χ4n) is 7.42. The van der Waals surface area contributed by atoms with Crippen LogP contribution < -0.4 is 4.74 Å². The minimum atomic E-state index is 0.571. The lowest BCUT2D eigenvalue weighted by Gasteiger charge is -2.11. The third kappa shape index (κ3) is 4.10. The molecule has 0 fully saturated rings. The number of nitrogens with zero attached hydrogens (tertiary/aromatic N) is 5. The lowest BCUT2D eigenvalue weighted by Crippen LogP contribution is -2.06. The van der Waals surface area contributed by atoms with Gasteiger partial charge < -0.3 is 9.14 Å². The van der Waals surface area contributed by atoms with Crippen LogP contribution in [0.3, 0.4) is 0 Å². The van der Waals surface area contributed by atoms with E-state index >= 15 is 0 Å². The first-order valence-electron chi connectivity index (χ1n) is 16.4. The predicted molar refractivity (Wildman–Crippen MR) is 200 cm³/mol. The molecule has 6 aromatic carbocycles. The lowest BCUT2D eigenvalue weighted by molar-refractivity contribution is 0.415. The minimum absolute atomic E-state index is 0.571. The number of methoxy groups -OCH3 is 1. The van der Waals surface area contributed by atoms with Gasteiger partial charge in [0.15, 0.2) is 11.6 Å². The van der Waals surface area contributed by atoms with Gasteiger partial charge in [0.1, 0.15) is 5.75 Å². The molecule has 10 rings (SSSR count). The maximum Gasteiger partial charge on any atom is 0.238 e. The number of para-hydroxylation sites is 2. The van der Waals surface area contributed by atoms with E-state index in [1.165, 1.54) is 49.0 Å². The van der Waals surface area contributed by atoms with Crippen LogP contribution in [0, 0.1) is 6.92 Å². The molecular formula is C43H29N5O. The topological polar surface area (TPSA) is 57.2 Å². The number of aromatic nitrogens is 5. The van der Waals surface area contributed by atoms with Gasteiger partial charge in [-0.15, -0.1) is 0 Å². The van der Waals surface area contributed by atoms with Gasteiger partial charge in [-0.1, -0.05) is 90.5 Å². The number of fused-ring (bicyclic) bond motifs is 12. The molecule has 0 atom stereocenters. The van der Waals surface area contributed by atoms with Crippen LogP contribution in [0.5, 0.6) is 5.75 Å². The SMILES string of the molecule is COc1ccc(-c2nc(-c3ccc(C)cc3)nc(-n3c4ccccc4c4c5cc6c7ccccc7c7ccccc7n6c5ccc43)n2)cc1. The Morgan fingerprint density at radius 1 is 0.469 bits per heavy atom. The molecule has 6 nitrogen and oxygen atoms in total. The molecule has 10 aromatic rings. The standard InChI is InChI=1S/C43H29N5O/c1-26-15-17-27(18-16-26)41-44-42(28-19-21-29(49-2)22-20-28)46-43(45-41)48-36-14-8-6-12-33(36)40-34-25-39-32-11-4-3-9-30(32)31-10-5-7-13-35(31)47(39)37(34)23-24-38(40)48/h3-25H,1-2H3. The Balaban J connectivity index is 1.31. The molecule has 0 aliphatic rings. The largest absolute Gasteiger partial charge is 0.497 e. The molecule has 0 aliphatic heterocycles. The van der Waals surface area contributed by atoms with Crippen molar-refractivity contribution in [3.05, 3.63) is 145 Å². The first kappa shape index (κ1) is 27.6. The monoisotopic (exact) mass is 631 g/mol. The summed E-state index contributed by atoms with van der Waals surface area (Å²) >= 11 is 0. The highest BCUT2D eigenvalue weighted by atomic mass is 16.5. The highest BCUT2D eigenvalue weighted by molar-refractivity contribution is 6.24. The molecule has 0 unspecified atom stereocenters. The van der Waals surface area contributed by atoms with E-state index in [0.29, 0.717) is 17.6 Å². The molecule has 0 N–H and O–H groups in total. The Morgan fingerprint density at radius 3 is 1.71 bits per heavy atom. The summed E-state index contributed by atoms with van der Waals surface area (Å²) in [6, 6.07) is 49.0. The second-order valence-electron chi connectivity index (χ2n) is 12.5. The smallest absolute Gasteiger partial charge is 0.238 e. The molecular weight excluding hydrogens is 603 g/mol. The predicted octanol–water partition coefficient (Wildman–Crippen LogP) is 10.3. The maximum atomic E-state index is 5.43. The summed E-state index contributed by atoms with van der Waals surface area (Å²) in [6.07, 6.45) is 0. The molecule has 0 radical (unpaired) electrons. The van der Waals surface area contributed by atoms with Crippen molar-refractivity contribution in [1.29, 1.82) is 0 Å². The molecule has 0 bridgehead atoms. The second kappa shape index (κ2) is 10.5. The summed E-state index contributed by atoms with van der Waals surface area (Å²) in [5.74, 6) is 2.57. The minimum Gasteiger partial charge on any atom is -0.497 e. The van der Waals surface area contributed by atoms with E-state index in [2.05, 4.69) is 131 Å². The van der Waals surface area contributed by atoms with Crippen molar-refractivity contribution >= 4 is 59.9 Å². The molecule has 232 valence electrons. The molecule has 0 amide bonds. The summed E-state index contributed by atoms with van der Waals surface area (Å²) in [7, 11) is 1.67. The van der Waals surface area contributed by atoms with E-state index in [4.69, 9.17) is 19.7 Å². The molecule has 4 aromatic heterocycles. The van der Waals surface area contributed by atoms with Gasteiger partial charge in [-0.05, 0) is 66.9 Å². The van der Waals surface area contributed by atoms with Crippen molar-refractivity contribution in [3.63, 3.8) is 0 Å². The summed E-state index contributed by atoms with van der Waals surface area (Å²) in [4.78, 5) is 15.3. The fourth-order valence-corrected chi connectivity index (χ4v) is 7.42. The summed E-state index contributed by atoms with van der Waals surface area (Å²) in [5.41, 5.74) is 8.64. The summed E-state index contributed by atoms with van der Waals surface area (Å²) in [5, 5.41) is 7.25. The van der Waals surface area contributed by atoms with E-state index < -0.39 is 0 Å². The second-order valence-corrected chi connectivity index (χ2v) is 12.5. The van der Waals surface area contributed by atoms with Crippen LogP contribution in [0.2, 0.25) is 0 Å². The Kier molecular flexibility index (Phi) is 5.90. The van der Waals surface area contributed by atoms with Crippen molar-refractivity contribution in [2.24, 2.45) is 0 Å². The molecule has 4 heterocycles. The van der Waals surface area contributed by atoms with Crippen LogP contribution in [-0.4, -0.2) is 31.0 Å². The van der Waals surface area contributed by atoms with Crippen molar-refractivity contribution in [1.82, 2.24) is 23.9 Å². The summed E-state index contributed by atoms with van der Waals surface area (Å²) < 4.78 is 10.0. The van der Waals surface area contributed by atoms with Crippen molar-refractivity contribution in [3.8, 4) is 34.5 Å². The first-order chi connectivity index (χ1) is 24.2. The van der Waals surface area contributed by atoms with Crippen molar-refractivity contribution in [2.45, 2.75) is 6.92 Å².